The molecule has 1 amide bonds. The van der Waals surface area contributed by atoms with Gasteiger partial charge in [0.1, 0.15) is 28.6 Å². The van der Waals surface area contributed by atoms with Gasteiger partial charge >= 0.3 is 0 Å². The number of ether oxygens (including phenoxy) is 2. The van der Waals surface area contributed by atoms with Crippen molar-refractivity contribution in [3.05, 3.63) is 94.1 Å². The van der Waals surface area contributed by atoms with Crippen LogP contribution in [0.4, 0.5) is 0 Å². The number of benzene rings is 3. The number of H-pyrrole nitrogens is 1. The Bertz CT molecular complexity index is 1400. The molecule has 0 saturated heterocycles. The fraction of sp³-hybridized carbons (Fsp3) is 0.241. The lowest BCUT2D eigenvalue weighted by Crippen LogP contribution is -2.29. The van der Waals surface area contributed by atoms with Crippen molar-refractivity contribution in [2.75, 3.05) is 13.7 Å². The largest absolute Gasteiger partial charge is 0.507 e. The molecule has 8 heteroatoms. The number of nitrogens with zero attached hydrogens (tertiary/aromatic N) is 2. The topological polar surface area (TPSA) is 87.7 Å². The summed E-state index contributed by atoms with van der Waals surface area (Å²) >= 11 is 6.25. The van der Waals surface area contributed by atoms with Gasteiger partial charge in [0, 0.05) is 22.7 Å². The third-order valence-electron chi connectivity index (χ3n) is 6.55. The van der Waals surface area contributed by atoms with E-state index in [9.17, 15) is 9.90 Å². The number of rotatable bonds is 9. The van der Waals surface area contributed by atoms with Crippen LogP contribution in [-0.4, -0.2) is 39.8 Å². The first-order valence-corrected chi connectivity index (χ1v) is 12.6. The molecule has 0 radical (unpaired) electrons. The van der Waals surface area contributed by atoms with Gasteiger partial charge in [0.05, 0.1) is 19.8 Å². The van der Waals surface area contributed by atoms with E-state index in [1.165, 1.54) is 6.07 Å². The molecule has 0 fully saturated rings. The summed E-state index contributed by atoms with van der Waals surface area (Å²) in [6, 6.07) is 19.8. The number of hydrogen-bond donors (Lipinski definition) is 2. The van der Waals surface area contributed by atoms with Crippen molar-refractivity contribution in [1.29, 1.82) is 0 Å². The SMILES string of the molecule is CCCCOc1ccc(C2c3c(-c4cc(Cl)ccc4O)n[nH]c3C(=O)N2Cc2ccc(OC)cc2)cc1. The van der Waals surface area contributed by atoms with Crippen LogP contribution in [0.5, 0.6) is 17.2 Å². The zero-order valence-electron chi connectivity index (χ0n) is 20.7. The van der Waals surface area contributed by atoms with E-state index < -0.39 is 6.04 Å². The minimum atomic E-state index is -0.429. The Hall–Kier alpha value is -3.97. The molecule has 37 heavy (non-hydrogen) atoms. The van der Waals surface area contributed by atoms with E-state index in [1.807, 2.05) is 53.4 Å². The highest BCUT2D eigenvalue weighted by Gasteiger charge is 2.42. The molecule has 0 saturated carbocycles. The van der Waals surface area contributed by atoms with Crippen molar-refractivity contribution in [3.63, 3.8) is 0 Å². The summed E-state index contributed by atoms with van der Waals surface area (Å²) in [5, 5.41) is 18.4. The second kappa shape index (κ2) is 10.6. The van der Waals surface area contributed by atoms with Crippen LogP contribution in [-0.2, 0) is 6.54 Å². The van der Waals surface area contributed by atoms with Crippen molar-refractivity contribution in [1.82, 2.24) is 15.1 Å². The number of carbonyl (C=O) groups excluding carboxylic acids is 1. The molecule has 1 aliphatic heterocycles. The second-order valence-electron chi connectivity index (χ2n) is 8.98. The molecule has 190 valence electrons. The number of aromatic nitrogens is 2. The highest BCUT2D eigenvalue weighted by atomic mass is 35.5. The monoisotopic (exact) mass is 517 g/mol. The van der Waals surface area contributed by atoms with Crippen molar-refractivity contribution >= 4 is 17.5 Å². The number of carbonyl (C=O) groups is 1. The van der Waals surface area contributed by atoms with Crippen LogP contribution in [0.2, 0.25) is 5.02 Å². The molecule has 1 atom stereocenters. The number of methoxy groups -OCH3 is 1. The Morgan fingerprint density at radius 3 is 2.49 bits per heavy atom. The normalized spacial score (nSPS) is 14.6. The van der Waals surface area contributed by atoms with Gasteiger partial charge in [0.2, 0.25) is 0 Å². The fourth-order valence-corrected chi connectivity index (χ4v) is 4.79. The molecule has 1 unspecified atom stereocenters. The third kappa shape index (κ3) is 4.87. The standard InChI is InChI=1S/C29H28ClN3O4/c1-3-4-15-37-22-12-7-19(8-13-22)28-25-26(23-16-20(30)9-14-24(23)34)31-32-27(25)29(35)33(28)17-18-5-10-21(36-2)11-6-18/h5-14,16,28,34H,3-4,15,17H2,1-2H3,(H,31,32). The minimum Gasteiger partial charge on any atom is -0.507 e. The molecule has 0 spiro atoms. The van der Waals surface area contributed by atoms with Gasteiger partial charge in [-0.2, -0.15) is 5.10 Å². The molecule has 2 N–H and O–H groups in total. The molecule has 2 heterocycles. The van der Waals surface area contributed by atoms with E-state index in [4.69, 9.17) is 21.1 Å². The van der Waals surface area contributed by atoms with Crippen molar-refractivity contribution in [2.24, 2.45) is 0 Å². The number of fused-ring (bicyclic) bond motifs is 1. The lowest BCUT2D eigenvalue weighted by molar-refractivity contribution is 0.0730. The van der Waals surface area contributed by atoms with E-state index in [0.29, 0.717) is 40.7 Å². The first-order chi connectivity index (χ1) is 18.0. The lowest BCUT2D eigenvalue weighted by Gasteiger charge is -2.27. The molecule has 4 aromatic rings. The second-order valence-corrected chi connectivity index (χ2v) is 9.41. The highest BCUT2D eigenvalue weighted by molar-refractivity contribution is 6.31. The average Bonchev–Trinajstić information content (AvgIpc) is 3.45. The average molecular weight is 518 g/mol. The Kier molecular flexibility index (Phi) is 7.06. The summed E-state index contributed by atoms with van der Waals surface area (Å²) in [6.07, 6.45) is 2.05. The molecule has 5 rings (SSSR count). The Morgan fingerprint density at radius 1 is 1.05 bits per heavy atom. The highest BCUT2D eigenvalue weighted by Crippen LogP contribution is 2.45. The summed E-state index contributed by atoms with van der Waals surface area (Å²) in [5.74, 6) is 1.40. The predicted molar refractivity (Wildman–Crippen MR) is 142 cm³/mol. The maximum absolute atomic E-state index is 13.7. The van der Waals surface area contributed by atoms with Crippen LogP contribution in [0.15, 0.2) is 66.7 Å². The van der Waals surface area contributed by atoms with Gasteiger partial charge in [0.25, 0.3) is 5.91 Å². The molecule has 3 aromatic carbocycles. The summed E-state index contributed by atoms with van der Waals surface area (Å²) < 4.78 is 11.1. The van der Waals surface area contributed by atoms with Gasteiger partial charge in [-0.1, -0.05) is 49.2 Å². The number of hydrogen-bond acceptors (Lipinski definition) is 5. The molecule has 7 nitrogen and oxygen atoms in total. The van der Waals surface area contributed by atoms with Crippen LogP contribution in [0.3, 0.4) is 0 Å². The maximum Gasteiger partial charge on any atom is 0.273 e. The number of amides is 1. The van der Waals surface area contributed by atoms with Gasteiger partial charge in [-0.3, -0.25) is 9.89 Å². The first kappa shape index (κ1) is 24.7. The van der Waals surface area contributed by atoms with Crippen LogP contribution in [0, 0.1) is 0 Å². The van der Waals surface area contributed by atoms with Gasteiger partial charge in [-0.15, -0.1) is 0 Å². The fourth-order valence-electron chi connectivity index (χ4n) is 4.62. The maximum atomic E-state index is 13.7. The van der Waals surface area contributed by atoms with Gasteiger partial charge < -0.3 is 19.5 Å². The molecule has 1 aromatic heterocycles. The summed E-state index contributed by atoms with van der Waals surface area (Å²) in [4.78, 5) is 15.5. The van der Waals surface area contributed by atoms with Crippen molar-refractivity contribution in [2.45, 2.75) is 32.4 Å². The molecular weight excluding hydrogens is 490 g/mol. The number of halogens is 1. The van der Waals surface area contributed by atoms with E-state index in [1.54, 1.807) is 19.2 Å². The van der Waals surface area contributed by atoms with Crippen LogP contribution in [0.1, 0.15) is 53.0 Å². The van der Waals surface area contributed by atoms with Crippen molar-refractivity contribution < 1.29 is 19.4 Å². The summed E-state index contributed by atoms with van der Waals surface area (Å²) in [7, 11) is 1.62. The summed E-state index contributed by atoms with van der Waals surface area (Å²) in [5.41, 5.74) is 3.94. The van der Waals surface area contributed by atoms with E-state index >= 15 is 0 Å². The number of nitrogens with one attached hydrogen (secondary N) is 1. The third-order valence-corrected chi connectivity index (χ3v) is 6.79. The minimum absolute atomic E-state index is 0.0400. The van der Waals surface area contributed by atoms with Crippen LogP contribution in [0.25, 0.3) is 11.3 Å². The number of unbranched alkanes of at least 4 members (excludes halogenated alkanes) is 1. The number of phenols is 1. The van der Waals surface area contributed by atoms with Crippen LogP contribution < -0.4 is 9.47 Å². The predicted octanol–water partition coefficient (Wildman–Crippen LogP) is 6.37. The quantitative estimate of drug-likeness (QED) is 0.252. The molecule has 1 aliphatic rings. The number of aromatic hydroxyl groups is 1. The molecule has 0 bridgehead atoms. The smallest absolute Gasteiger partial charge is 0.273 e. The molecule has 0 aliphatic carbocycles. The first-order valence-electron chi connectivity index (χ1n) is 12.2. The zero-order chi connectivity index (χ0) is 25.9. The summed E-state index contributed by atoms with van der Waals surface area (Å²) in [6.45, 7) is 3.16. The van der Waals surface area contributed by atoms with Gasteiger partial charge in [0.15, 0.2) is 0 Å². The van der Waals surface area contributed by atoms with Crippen molar-refractivity contribution in [3.8, 4) is 28.5 Å². The molecular formula is C29H28ClN3O4. The number of phenolic OH excluding ortho intramolecular Hbond substituents is 1. The Balaban J connectivity index is 1.57. The Labute approximate surface area is 220 Å². The number of aromatic amines is 1. The zero-order valence-corrected chi connectivity index (χ0v) is 21.5. The van der Waals surface area contributed by atoms with Crippen LogP contribution >= 0.6 is 11.6 Å². The van der Waals surface area contributed by atoms with Gasteiger partial charge in [-0.25, -0.2) is 0 Å². The van der Waals surface area contributed by atoms with E-state index in [-0.39, 0.29) is 11.7 Å². The van der Waals surface area contributed by atoms with Gasteiger partial charge in [-0.05, 0) is 60.0 Å². The Morgan fingerprint density at radius 2 is 1.78 bits per heavy atom. The lowest BCUT2D eigenvalue weighted by atomic mass is 9.95. The van der Waals surface area contributed by atoms with E-state index in [0.717, 1.165) is 35.5 Å². The van der Waals surface area contributed by atoms with E-state index in [2.05, 4.69) is 17.1 Å².